The topological polar surface area (TPSA) is 110 Å². The molecule has 0 saturated heterocycles. The lowest BCUT2D eigenvalue weighted by molar-refractivity contribution is -0.117. The van der Waals surface area contributed by atoms with Crippen molar-refractivity contribution in [3.63, 3.8) is 0 Å². The van der Waals surface area contributed by atoms with Crippen molar-refractivity contribution in [2.24, 2.45) is 5.14 Å². The molecule has 0 radical (unpaired) electrons. The van der Waals surface area contributed by atoms with Crippen LogP contribution in [0.3, 0.4) is 0 Å². The molecule has 0 aromatic heterocycles. The maximum Gasteiger partial charge on any atom is 0.414 e. The summed E-state index contributed by atoms with van der Waals surface area (Å²) in [5.74, 6) is -0.133. The minimum Gasteiger partial charge on any atom is -0.449 e. The minimum absolute atomic E-state index is 0.00560. The summed E-state index contributed by atoms with van der Waals surface area (Å²) in [6.45, 7) is 5.57. The largest absolute Gasteiger partial charge is 0.449 e. The number of ether oxygens (including phenoxy) is 1. The summed E-state index contributed by atoms with van der Waals surface area (Å²) in [4.78, 5) is 27.8. The van der Waals surface area contributed by atoms with Crippen LogP contribution in [0.25, 0.3) is 11.1 Å². The first kappa shape index (κ1) is 20.8. The summed E-state index contributed by atoms with van der Waals surface area (Å²) in [6, 6.07) is 11.3. The van der Waals surface area contributed by atoms with E-state index in [0.717, 1.165) is 0 Å². The first-order valence-electron chi connectivity index (χ1n) is 9.15. The SMILES string of the molecule is CCOC(=O)N1C[C@H](C)N(C(C)=O)c2ccc(-c3cccc(S(N)(=O)=O)c3)cc21. The molecule has 1 aliphatic heterocycles. The van der Waals surface area contributed by atoms with Crippen molar-refractivity contribution in [2.75, 3.05) is 23.0 Å². The van der Waals surface area contributed by atoms with Crippen molar-refractivity contribution in [3.05, 3.63) is 42.5 Å². The third-order valence-corrected chi connectivity index (χ3v) is 5.65. The monoisotopic (exact) mass is 417 g/mol. The molecule has 1 heterocycles. The summed E-state index contributed by atoms with van der Waals surface area (Å²) in [5.41, 5.74) is 2.42. The maximum absolute atomic E-state index is 12.5. The Kier molecular flexibility index (Phi) is 5.63. The first-order valence-corrected chi connectivity index (χ1v) is 10.7. The van der Waals surface area contributed by atoms with Crippen LogP contribution in [-0.4, -0.2) is 39.6 Å². The predicted molar refractivity (Wildman–Crippen MR) is 110 cm³/mol. The molecule has 0 saturated carbocycles. The molecule has 2 amide bonds. The van der Waals surface area contributed by atoms with E-state index in [0.29, 0.717) is 22.5 Å². The van der Waals surface area contributed by atoms with Gasteiger partial charge in [0.25, 0.3) is 0 Å². The fourth-order valence-electron chi connectivity index (χ4n) is 3.51. The summed E-state index contributed by atoms with van der Waals surface area (Å²) in [6.07, 6.45) is -0.501. The molecule has 2 N–H and O–H groups in total. The number of nitrogens with two attached hydrogens (primary N) is 1. The highest BCUT2D eigenvalue weighted by Crippen LogP contribution is 2.39. The summed E-state index contributed by atoms with van der Waals surface area (Å²) >= 11 is 0. The second kappa shape index (κ2) is 7.84. The number of hydrogen-bond donors (Lipinski definition) is 1. The van der Waals surface area contributed by atoms with Gasteiger partial charge in [0.2, 0.25) is 15.9 Å². The van der Waals surface area contributed by atoms with E-state index in [9.17, 15) is 18.0 Å². The number of sulfonamides is 1. The van der Waals surface area contributed by atoms with Crippen molar-refractivity contribution < 1.29 is 22.7 Å². The summed E-state index contributed by atoms with van der Waals surface area (Å²) in [5, 5.41) is 5.24. The van der Waals surface area contributed by atoms with Crippen LogP contribution in [0, 0.1) is 0 Å². The van der Waals surface area contributed by atoms with Crippen LogP contribution < -0.4 is 14.9 Å². The normalized spacial score (nSPS) is 16.3. The van der Waals surface area contributed by atoms with Gasteiger partial charge in [-0.2, -0.15) is 0 Å². The molecule has 1 aliphatic rings. The Morgan fingerprint density at radius 1 is 1.14 bits per heavy atom. The lowest BCUT2D eigenvalue weighted by Gasteiger charge is -2.40. The fraction of sp³-hybridized carbons (Fsp3) is 0.300. The van der Waals surface area contributed by atoms with Crippen LogP contribution in [0.5, 0.6) is 0 Å². The average molecular weight is 417 g/mol. The molecule has 2 aromatic carbocycles. The average Bonchev–Trinajstić information content (AvgIpc) is 2.66. The Morgan fingerprint density at radius 3 is 2.45 bits per heavy atom. The molecule has 29 heavy (non-hydrogen) atoms. The van der Waals surface area contributed by atoms with E-state index in [1.54, 1.807) is 42.2 Å². The van der Waals surface area contributed by atoms with Crippen molar-refractivity contribution in [1.29, 1.82) is 0 Å². The van der Waals surface area contributed by atoms with Gasteiger partial charge < -0.3 is 9.64 Å². The van der Waals surface area contributed by atoms with Crippen molar-refractivity contribution >= 4 is 33.4 Å². The Balaban J connectivity index is 2.14. The van der Waals surface area contributed by atoms with Crippen LogP contribution in [0.4, 0.5) is 16.2 Å². The Bertz CT molecular complexity index is 1070. The summed E-state index contributed by atoms with van der Waals surface area (Å²) in [7, 11) is -3.85. The van der Waals surface area contributed by atoms with E-state index in [2.05, 4.69) is 0 Å². The number of nitrogens with zero attached hydrogens (tertiary/aromatic N) is 2. The van der Waals surface area contributed by atoms with Gasteiger partial charge in [0.15, 0.2) is 0 Å². The molecule has 3 rings (SSSR count). The van der Waals surface area contributed by atoms with Gasteiger partial charge in [-0.15, -0.1) is 0 Å². The molecule has 0 aliphatic carbocycles. The Hall–Kier alpha value is -2.91. The molecule has 9 heteroatoms. The number of carbonyl (C=O) groups excluding carboxylic acids is 2. The molecule has 154 valence electrons. The van der Waals surface area contributed by atoms with Gasteiger partial charge in [0.1, 0.15) is 0 Å². The molecule has 1 atom stereocenters. The zero-order valence-electron chi connectivity index (χ0n) is 16.5. The first-order chi connectivity index (χ1) is 13.6. The number of primary sulfonamides is 1. The smallest absolute Gasteiger partial charge is 0.414 e. The molecule has 0 spiro atoms. The van der Waals surface area contributed by atoms with Gasteiger partial charge in [-0.1, -0.05) is 18.2 Å². The van der Waals surface area contributed by atoms with Gasteiger partial charge >= 0.3 is 6.09 Å². The number of rotatable bonds is 3. The molecule has 0 bridgehead atoms. The van der Waals surface area contributed by atoms with Gasteiger partial charge in [-0.25, -0.2) is 18.4 Å². The Labute approximate surface area is 169 Å². The van der Waals surface area contributed by atoms with Gasteiger partial charge in [-0.3, -0.25) is 9.69 Å². The maximum atomic E-state index is 12.5. The van der Waals surface area contributed by atoms with Crippen molar-refractivity contribution in [1.82, 2.24) is 0 Å². The number of amides is 2. The van der Waals surface area contributed by atoms with Crippen LogP contribution >= 0.6 is 0 Å². The lowest BCUT2D eigenvalue weighted by atomic mass is 10.0. The van der Waals surface area contributed by atoms with E-state index in [1.807, 2.05) is 6.92 Å². The van der Waals surface area contributed by atoms with Gasteiger partial charge in [0, 0.05) is 13.5 Å². The molecule has 2 aromatic rings. The number of carbonyl (C=O) groups is 2. The van der Waals surface area contributed by atoms with Crippen LogP contribution in [0.15, 0.2) is 47.4 Å². The van der Waals surface area contributed by atoms with Crippen LogP contribution in [-0.2, 0) is 19.6 Å². The number of hydrogen-bond acceptors (Lipinski definition) is 5. The van der Waals surface area contributed by atoms with E-state index in [1.165, 1.54) is 24.0 Å². The highest BCUT2D eigenvalue weighted by atomic mass is 32.2. The second-order valence-corrected chi connectivity index (χ2v) is 8.39. The van der Waals surface area contributed by atoms with E-state index in [4.69, 9.17) is 9.88 Å². The zero-order valence-corrected chi connectivity index (χ0v) is 17.3. The van der Waals surface area contributed by atoms with Crippen LogP contribution in [0.1, 0.15) is 20.8 Å². The molecular weight excluding hydrogens is 394 g/mol. The van der Waals surface area contributed by atoms with E-state index in [-0.39, 0.29) is 30.0 Å². The number of benzene rings is 2. The third kappa shape index (κ3) is 4.10. The van der Waals surface area contributed by atoms with E-state index < -0.39 is 16.1 Å². The lowest BCUT2D eigenvalue weighted by Crippen LogP contribution is -2.51. The molecule has 0 fully saturated rings. The Morgan fingerprint density at radius 2 is 1.83 bits per heavy atom. The van der Waals surface area contributed by atoms with E-state index >= 15 is 0 Å². The predicted octanol–water partition coefficient (Wildman–Crippen LogP) is 2.72. The number of anilines is 2. The fourth-order valence-corrected chi connectivity index (χ4v) is 4.07. The summed E-state index contributed by atoms with van der Waals surface area (Å²) < 4.78 is 28.5. The standard InChI is InChI=1S/C20H23N3O5S/c1-4-28-20(25)22-12-13(2)23(14(3)24)18-9-8-16(11-19(18)22)15-6-5-7-17(10-15)29(21,26)27/h5-11,13H,4,12H2,1-3H3,(H2,21,26,27)/t13-/m0/s1. The molecule has 8 nitrogen and oxygen atoms in total. The minimum atomic E-state index is -3.85. The quantitative estimate of drug-likeness (QED) is 0.826. The molecule has 0 unspecified atom stereocenters. The third-order valence-electron chi connectivity index (χ3n) is 4.74. The zero-order chi connectivity index (χ0) is 21.3. The van der Waals surface area contributed by atoms with Crippen molar-refractivity contribution in [2.45, 2.75) is 31.7 Å². The van der Waals surface area contributed by atoms with Crippen molar-refractivity contribution in [3.8, 4) is 11.1 Å². The van der Waals surface area contributed by atoms with Gasteiger partial charge in [-0.05, 0) is 49.2 Å². The van der Waals surface area contributed by atoms with Crippen LogP contribution in [0.2, 0.25) is 0 Å². The van der Waals surface area contributed by atoms with Gasteiger partial charge in [0.05, 0.1) is 28.9 Å². The highest BCUT2D eigenvalue weighted by molar-refractivity contribution is 7.89. The highest BCUT2D eigenvalue weighted by Gasteiger charge is 2.34. The number of fused-ring (bicyclic) bond motifs is 1. The molecular formula is C20H23N3O5S. The second-order valence-electron chi connectivity index (χ2n) is 6.82.